The van der Waals surface area contributed by atoms with Crippen LogP contribution >= 0.6 is 0 Å². The van der Waals surface area contributed by atoms with Crippen LogP contribution in [0.15, 0.2) is 48.5 Å². The predicted molar refractivity (Wildman–Crippen MR) is 211 cm³/mol. The highest BCUT2D eigenvalue weighted by Crippen LogP contribution is 2.34. The number of amides is 2. The van der Waals surface area contributed by atoms with E-state index < -0.39 is 47.3 Å². The molecule has 0 unspecified atom stereocenters. The third kappa shape index (κ3) is 11.0. The summed E-state index contributed by atoms with van der Waals surface area (Å²) in [6, 6.07) is 11.5. The van der Waals surface area contributed by atoms with Crippen molar-refractivity contribution in [1.82, 2.24) is 10.2 Å². The van der Waals surface area contributed by atoms with E-state index in [1.165, 1.54) is 43.4 Å². The average Bonchev–Trinajstić information content (AvgIpc) is 3.38. The lowest BCUT2D eigenvalue weighted by atomic mass is 9.99. The first kappa shape index (κ1) is 42.9. The molecule has 308 valence electrons. The van der Waals surface area contributed by atoms with Crippen molar-refractivity contribution in [3.63, 3.8) is 0 Å². The molecule has 0 aliphatic carbocycles. The molecule has 57 heavy (non-hydrogen) atoms. The summed E-state index contributed by atoms with van der Waals surface area (Å²) in [6.07, 6.45) is 2.35. The van der Waals surface area contributed by atoms with Gasteiger partial charge in [0.05, 0.1) is 17.3 Å². The average molecular weight is 792 g/mol. The molecule has 0 radical (unpaired) electrons. The molecule has 2 saturated heterocycles. The molecule has 2 aliphatic rings. The molecule has 14 heteroatoms. The monoisotopic (exact) mass is 791 g/mol. The third-order valence-electron chi connectivity index (χ3n) is 9.78. The Morgan fingerprint density at radius 1 is 0.807 bits per heavy atom. The lowest BCUT2D eigenvalue weighted by Gasteiger charge is -2.31. The molecular formula is C43H54FN3O10. The number of halogens is 1. The van der Waals surface area contributed by atoms with Crippen molar-refractivity contribution in [3.8, 4) is 11.5 Å². The molecule has 2 atom stereocenters. The topological polar surface area (TPSA) is 142 Å². The predicted octanol–water partition coefficient (Wildman–Crippen LogP) is 6.98. The van der Waals surface area contributed by atoms with Crippen molar-refractivity contribution in [2.24, 2.45) is 0 Å². The number of methoxy groups -OCH3 is 2. The van der Waals surface area contributed by atoms with E-state index in [2.05, 4.69) is 5.32 Å². The van der Waals surface area contributed by atoms with Crippen molar-refractivity contribution in [2.75, 3.05) is 58.9 Å². The number of hydrogen-bond acceptors (Lipinski definition) is 11. The lowest BCUT2D eigenvalue weighted by molar-refractivity contribution is 0.0127. The normalized spacial score (nSPS) is 17.3. The first-order valence-electron chi connectivity index (χ1n) is 19.3. The Kier molecular flexibility index (Phi) is 14.5. The van der Waals surface area contributed by atoms with Crippen LogP contribution in [0.2, 0.25) is 0 Å². The van der Waals surface area contributed by atoms with Crippen molar-refractivity contribution < 1.29 is 52.0 Å². The maximum atomic E-state index is 16.1. The molecule has 2 heterocycles. The number of carbonyl (C=O) groups is 4. The highest BCUT2D eigenvalue weighted by molar-refractivity contribution is 6.11. The fourth-order valence-corrected chi connectivity index (χ4v) is 7.07. The molecule has 5 rings (SSSR count). The number of ether oxygens (including phenoxy) is 6. The summed E-state index contributed by atoms with van der Waals surface area (Å²) in [7, 11) is 2.95. The van der Waals surface area contributed by atoms with Crippen LogP contribution in [-0.2, 0) is 18.9 Å². The number of likely N-dealkylation sites (tertiary alicyclic amines) is 1. The van der Waals surface area contributed by atoms with Gasteiger partial charge in [-0.3, -0.25) is 9.59 Å². The number of rotatable bonds is 13. The highest BCUT2D eigenvalue weighted by Gasteiger charge is 2.35. The number of nitrogens with one attached hydrogen (secondary N) is 1. The van der Waals surface area contributed by atoms with E-state index in [9.17, 15) is 19.2 Å². The van der Waals surface area contributed by atoms with E-state index in [0.29, 0.717) is 49.5 Å². The summed E-state index contributed by atoms with van der Waals surface area (Å²) in [6.45, 7) is 10.5. The minimum absolute atomic E-state index is 0.0224. The van der Waals surface area contributed by atoms with Crippen LogP contribution in [0, 0.1) is 19.7 Å². The number of esters is 1. The molecule has 3 aromatic carbocycles. The van der Waals surface area contributed by atoms with Crippen LogP contribution in [0.3, 0.4) is 0 Å². The Hall–Kier alpha value is -5.21. The largest absolute Gasteiger partial charge is 0.467 e. The van der Waals surface area contributed by atoms with Crippen LogP contribution in [-0.4, -0.2) is 100 Å². The van der Waals surface area contributed by atoms with Crippen molar-refractivity contribution in [2.45, 2.75) is 84.5 Å². The van der Waals surface area contributed by atoms with Crippen molar-refractivity contribution >= 4 is 29.4 Å². The second-order valence-electron chi connectivity index (χ2n) is 15.4. The fourth-order valence-electron chi connectivity index (χ4n) is 7.07. The number of piperidine rings is 1. The highest BCUT2D eigenvalue weighted by atomic mass is 19.1. The standard InChI is InChI=1S/C43H54FN3O10/c1-27-22-31(23-28(2)39(27)55-26-53-7)40(49)45-32-24-47(42(51)57-43(3,4)5)21-11-12-34(32)56-41(50)30-15-13-29(14-16-30)38(48)36-35(54-25-52-6)18-17-33(37(36)44)46-19-9-8-10-20-46/h13-18,22-23,32,34H,8-12,19-21,24-26H2,1-7H3,(H,45,49)/t32-,34-/m1/s1. The van der Waals surface area contributed by atoms with Gasteiger partial charge in [-0.05, 0) is 114 Å². The van der Waals surface area contributed by atoms with E-state index in [1.807, 2.05) is 18.7 Å². The summed E-state index contributed by atoms with van der Waals surface area (Å²) < 4.78 is 49.2. The maximum Gasteiger partial charge on any atom is 0.410 e. The van der Waals surface area contributed by atoms with E-state index in [-0.39, 0.29) is 42.6 Å². The van der Waals surface area contributed by atoms with E-state index >= 15 is 4.39 Å². The molecular weight excluding hydrogens is 737 g/mol. The van der Waals surface area contributed by atoms with Crippen LogP contribution in [0.1, 0.15) is 101 Å². The maximum absolute atomic E-state index is 16.1. The van der Waals surface area contributed by atoms with Crippen LogP contribution in [0.5, 0.6) is 11.5 Å². The number of benzene rings is 3. The van der Waals surface area contributed by atoms with Gasteiger partial charge >= 0.3 is 12.1 Å². The summed E-state index contributed by atoms with van der Waals surface area (Å²) in [5.74, 6) is -1.76. The van der Waals surface area contributed by atoms with Gasteiger partial charge in [-0.1, -0.05) is 12.1 Å². The smallest absolute Gasteiger partial charge is 0.410 e. The van der Waals surface area contributed by atoms with Gasteiger partial charge in [-0.15, -0.1) is 0 Å². The minimum Gasteiger partial charge on any atom is -0.467 e. The molecule has 0 aromatic heterocycles. The first-order valence-corrected chi connectivity index (χ1v) is 19.3. The third-order valence-corrected chi connectivity index (χ3v) is 9.78. The Morgan fingerprint density at radius 3 is 2.07 bits per heavy atom. The molecule has 2 aliphatic heterocycles. The van der Waals surface area contributed by atoms with Crippen LogP contribution in [0.25, 0.3) is 0 Å². The van der Waals surface area contributed by atoms with Crippen molar-refractivity contribution in [1.29, 1.82) is 0 Å². The van der Waals surface area contributed by atoms with Crippen molar-refractivity contribution in [3.05, 3.63) is 87.7 Å². The molecule has 0 saturated carbocycles. The summed E-state index contributed by atoms with van der Waals surface area (Å²) in [4.78, 5) is 58.0. The Bertz CT molecular complexity index is 1880. The van der Waals surface area contributed by atoms with Gasteiger partial charge < -0.3 is 43.5 Å². The molecule has 1 N–H and O–H groups in total. The Labute approximate surface area is 333 Å². The zero-order chi connectivity index (χ0) is 41.3. The molecule has 0 spiro atoms. The van der Waals surface area contributed by atoms with Gasteiger partial charge in [0.1, 0.15) is 28.8 Å². The number of hydrogen-bond donors (Lipinski definition) is 1. The lowest BCUT2D eigenvalue weighted by Crippen LogP contribution is -2.51. The molecule has 13 nitrogen and oxygen atoms in total. The molecule has 2 fully saturated rings. The molecule has 2 amide bonds. The summed E-state index contributed by atoms with van der Waals surface area (Å²) in [5, 5.41) is 3.01. The van der Waals surface area contributed by atoms with Gasteiger partial charge in [-0.25, -0.2) is 14.0 Å². The molecule has 0 bridgehead atoms. The Balaban J connectivity index is 1.37. The first-order chi connectivity index (χ1) is 27.2. The second kappa shape index (κ2) is 19.3. The van der Waals surface area contributed by atoms with Crippen LogP contribution < -0.4 is 19.7 Å². The number of carbonyl (C=O) groups excluding carboxylic acids is 4. The number of anilines is 1. The van der Waals surface area contributed by atoms with Gasteiger partial charge in [0.25, 0.3) is 5.91 Å². The van der Waals surface area contributed by atoms with Crippen LogP contribution in [0.4, 0.5) is 14.9 Å². The number of aryl methyl sites for hydroxylation is 2. The second-order valence-corrected chi connectivity index (χ2v) is 15.4. The number of nitrogens with zero attached hydrogens (tertiary/aromatic N) is 2. The SMILES string of the molecule is COCOc1ccc(N2CCCCC2)c(F)c1C(=O)c1ccc(C(=O)O[C@@H]2CCCN(C(=O)OC(C)(C)C)C[C@H]2NC(=O)c2cc(C)c(OCOC)c(C)c2)cc1. The molecule has 3 aromatic rings. The summed E-state index contributed by atoms with van der Waals surface area (Å²) >= 11 is 0. The van der Waals surface area contributed by atoms with E-state index in [1.54, 1.807) is 45.0 Å². The zero-order valence-corrected chi connectivity index (χ0v) is 33.9. The quantitative estimate of drug-likeness (QED) is 0.109. The van der Waals surface area contributed by atoms with Gasteiger partial charge in [0.2, 0.25) is 0 Å². The van der Waals surface area contributed by atoms with Gasteiger partial charge in [0.15, 0.2) is 25.2 Å². The van der Waals surface area contributed by atoms with Gasteiger partial charge in [0, 0.05) is 51.5 Å². The Morgan fingerprint density at radius 2 is 1.44 bits per heavy atom. The minimum atomic E-state index is -0.825. The number of ketones is 1. The zero-order valence-electron chi connectivity index (χ0n) is 33.9. The van der Waals surface area contributed by atoms with E-state index in [0.717, 1.165) is 30.4 Å². The van der Waals surface area contributed by atoms with Gasteiger partial charge in [-0.2, -0.15) is 0 Å². The fraction of sp³-hybridized carbons (Fsp3) is 0.488. The van der Waals surface area contributed by atoms with E-state index in [4.69, 9.17) is 28.4 Å². The summed E-state index contributed by atoms with van der Waals surface area (Å²) in [5.41, 5.74) is 1.47.